The Kier molecular flexibility index (Phi) is 6.06. The van der Waals surface area contributed by atoms with Crippen LogP contribution in [-0.4, -0.2) is 35.6 Å². The first-order valence-electron chi connectivity index (χ1n) is 5.22. The average Bonchev–Trinajstić information content (AvgIpc) is 2.38. The van der Waals surface area contributed by atoms with Gasteiger partial charge in [-0.3, -0.25) is 0 Å². The van der Waals surface area contributed by atoms with Crippen molar-refractivity contribution in [2.75, 3.05) is 13.2 Å². The third-order valence-electron chi connectivity index (χ3n) is 2.23. The summed E-state index contributed by atoms with van der Waals surface area (Å²) < 4.78 is 5.32. The smallest absolute Gasteiger partial charge is 0.0889 e. The standard InChI is InChI=1S/C11H15N3O3/c12-14-13-10(11(16)6-15)8-17-7-9-4-2-1-3-5-9/h1-5,10-11,15-16H,6-8H2. The summed E-state index contributed by atoms with van der Waals surface area (Å²) in [6.07, 6.45) is -1.10. The number of hydrogen-bond donors (Lipinski definition) is 2. The summed E-state index contributed by atoms with van der Waals surface area (Å²) in [7, 11) is 0. The average molecular weight is 237 g/mol. The SMILES string of the molecule is [N-]=[N+]=NC(COCc1ccccc1)C(O)CO. The Labute approximate surface area is 99.1 Å². The molecule has 92 valence electrons. The number of ether oxygens (including phenoxy) is 1. The molecule has 0 aliphatic carbocycles. The molecule has 0 spiro atoms. The molecule has 2 unspecified atom stereocenters. The molecule has 0 amide bonds. The molecular formula is C11H15N3O3. The second kappa shape index (κ2) is 7.65. The van der Waals surface area contributed by atoms with Gasteiger partial charge in [-0.05, 0) is 11.1 Å². The summed E-state index contributed by atoms with van der Waals surface area (Å²) in [6.45, 7) is -0.0184. The van der Waals surface area contributed by atoms with E-state index in [0.29, 0.717) is 6.61 Å². The van der Waals surface area contributed by atoms with Gasteiger partial charge in [-0.1, -0.05) is 35.4 Å². The third-order valence-corrected chi connectivity index (χ3v) is 2.23. The zero-order chi connectivity index (χ0) is 12.5. The largest absolute Gasteiger partial charge is 0.394 e. The molecule has 1 rings (SSSR count). The van der Waals surface area contributed by atoms with Crippen molar-refractivity contribution in [3.63, 3.8) is 0 Å². The second-order valence-electron chi connectivity index (χ2n) is 3.52. The Morgan fingerprint density at radius 2 is 2.06 bits per heavy atom. The highest BCUT2D eigenvalue weighted by atomic mass is 16.5. The molecule has 6 heteroatoms. The Balaban J connectivity index is 2.40. The van der Waals surface area contributed by atoms with Crippen LogP contribution in [0.5, 0.6) is 0 Å². The van der Waals surface area contributed by atoms with Gasteiger partial charge < -0.3 is 14.9 Å². The van der Waals surface area contributed by atoms with Crippen LogP contribution < -0.4 is 0 Å². The first kappa shape index (κ1) is 13.5. The number of aliphatic hydroxyl groups is 2. The van der Waals surface area contributed by atoms with Gasteiger partial charge in [0.2, 0.25) is 0 Å². The van der Waals surface area contributed by atoms with Crippen LogP contribution in [0.1, 0.15) is 5.56 Å². The molecule has 0 heterocycles. The second-order valence-corrected chi connectivity index (χ2v) is 3.52. The fourth-order valence-corrected chi connectivity index (χ4v) is 1.28. The van der Waals surface area contributed by atoms with Gasteiger partial charge >= 0.3 is 0 Å². The number of nitrogens with zero attached hydrogens (tertiary/aromatic N) is 3. The summed E-state index contributed by atoms with van der Waals surface area (Å²) in [4.78, 5) is 2.60. The van der Waals surface area contributed by atoms with E-state index in [-0.39, 0.29) is 6.61 Å². The molecule has 2 N–H and O–H groups in total. The Hall–Kier alpha value is -1.59. The number of benzene rings is 1. The van der Waals surface area contributed by atoms with Crippen molar-refractivity contribution < 1.29 is 14.9 Å². The summed E-state index contributed by atoms with van der Waals surface area (Å²) in [5, 5.41) is 21.5. The lowest BCUT2D eigenvalue weighted by Crippen LogP contribution is -2.31. The number of aliphatic hydroxyl groups excluding tert-OH is 2. The minimum absolute atomic E-state index is 0.0701. The van der Waals surface area contributed by atoms with Crippen LogP contribution in [0.4, 0.5) is 0 Å². The van der Waals surface area contributed by atoms with Gasteiger partial charge in [-0.25, -0.2) is 0 Å². The van der Waals surface area contributed by atoms with Crippen LogP contribution in [0, 0.1) is 0 Å². The minimum atomic E-state index is -1.10. The Morgan fingerprint density at radius 3 is 2.65 bits per heavy atom. The summed E-state index contributed by atoms with van der Waals surface area (Å²) in [5.74, 6) is 0. The molecule has 1 aromatic carbocycles. The normalized spacial score (nSPS) is 13.8. The molecule has 6 nitrogen and oxygen atoms in total. The van der Waals surface area contributed by atoms with Crippen molar-refractivity contribution >= 4 is 0 Å². The van der Waals surface area contributed by atoms with E-state index in [2.05, 4.69) is 10.0 Å². The van der Waals surface area contributed by atoms with Gasteiger partial charge in [0.05, 0.1) is 32.0 Å². The van der Waals surface area contributed by atoms with Gasteiger partial charge in [-0.15, -0.1) is 0 Å². The van der Waals surface area contributed by atoms with Gasteiger partial charge in [0.1, 0.15) is 0 Å². The maximum Gasteiger partial charge on any atom is 0.0889 e. The number of rotatable bonds is 7. The summed E-state index contributed by atoms with van der Waals surface area (Å²) >= 11 is 0. The number of azide groups is 1. The Bertz CT molecular complexity index is 365. The van der Waals surface area contributed by atoms with Crippen LogP contribution in [0.2, 0.25) is 0 Å². The molecule has 0 aromatic heterocycles. The van der Waals surface area contributed by atoms with E-state index in [0.717, 1.165) is 5.56 Å². The van der Waals surface area contributed by atoms with E-state index in [1.165, 1.54) is 0 Å². The predicted octanol–water partition coefficient (Wildman–Crippen LogP) is 1.24. The van der Waals surface area contributed by atoms with Crippen LogP contribution in [-0.2, 0) is 11.3 Å². The lowest BCUT2D eigenvalue weighted by molar-refractivity contribution is 0.0266. The zero-order valence-electron chi connectivity index (χ0n) is 9.31. The topological polar surface area (TPSA) is 98.5 Å². The van der Waals surface area contributed by atoms with Gasteiger partial charge in [0.15, 0.2) is 0 Å². The van der Waals surface area contributed by atoms with Crippen molar-refractivity contribution in [1.82, 2.24) is 0 Å². The molecule has 0 saturated heterocycles. The van der Waals surface area contributed by atoms with E-state index in [1.807, 2.05) is 30.3 Å². The maximum atomic E-state index is 9.35. The highest BCUT2D eigenvalue weighted by Crippen LogP contribution is 2.05. The third kappa shape index (κ3) is 4.84. The van der Waals surface area contributed by atoms with Crippen molar-refractivity contribution in [3.05, 3.63) is 46.3 Å². The molecule has 0 bridgehead atoms. The van der Waals surface area contributed by atoms with Crippen LogP contribution >= 0.6 is 0 Å². The molecule has 0 aliphatic rings. The molecular weight excluding hydrogens is 222 g/mol. The monoisotopic (exact) mass is 237 g/mol. The van der Waals surface area contributed by atoms with Crippen LogP contribution in [0.3, 0.4) is 0 Å². The lowest BCUT2D eigenvalue weighted by atomic mass is 10.2. The summed E-state index contributed by atoms with van der Waals surface area (Å²) in [5.41, 5.74) is 9.30. The Morgan fingerprint density at radius 1 is 1.35 bits per heavy atom. The first-order chi connectivity index (χ1) is 8.27. The van der Waals surface area contributed by atoms with Crippen molar-refractivity contribution in [2.24, 2.45) is 5.11 Å². The highest BCUT2D eigenvalue weighted by Gasteiger charge is 2.16. The van der Waals surface area contributed by atoms with Gasteiger partial charge in [-0.2, -0.15) is 0 Å². The first-order valence-corrected chi connectivity index (χ1v) is 5.22. The van der Waals surface area contributed by atoms with E-state index in [4.69, 9.17) is 15.4 Å². The zero-order valence-corrected chi connectivity index (χ0v) is 9.31. The predicted molar refractivity (Wildman–Crippen MR) is 62.1 cm³/mol. The van der Waals surface area contributed by atoms with Gasteiger partial charge in [0.25, 0.3) is 0 Å². The van der Waals surface area contributed by atoms with Crippen molar-refractivity contribution in [3.8, 4) is 0 Å². The molecule has 0 saturated carbocycles. The molecule has 2 atom stereocenters. The van der Waals surface area contributed by atoms with E-state index in [1.54, 1.807) is 0 Å². The van der Waals surface area contributed by atoms with Crippen molar-refractivity contribution in [2.45, 2.75) is 18.8 Å². The summed E-state index contributed by atoms with van der Waals surface area (Å²) in [6, 6.07) is 8.74. The quantitative estimate of drug-likeness (QED) is 0.424. The molecule has 1 aromatic rings. The number of hydrogen-bond acceptors (Lipinski definition) is 4. The lowest BCUT2D eigenvalue weighted by Gasteiger charge is -2.16. The fraction of sp³-hybridized carbons (Fsp3) is 0.455. The molecule has 17 heavy (non-hydrogen) atoms. The van der Waals surface area contributed by atoms with E-state index >= 15 is 0 Å². The van der Waals surface area contributed by atoms with E-state index in [9.17, 15) is 5.11 Å². The maximum absolute atomic E-state index is 9.35. The minimum Gasteiger partial charge on any atom is -0.394 e. The highest BCUT2D eigenvalue weighted by molar-refractivity contribution is 5.13. The van der Waals surface area contributed by atoms with Crippen molar-refractivity contribution in [1.29, 1.82) is 0 Å². The van der Waals surface area contributed by atoms with Crippen LogP contribution in [0.25, 0.3) is 10.4 Å². The van der Waals surface area contributed by atoms with Crippen LogP contribution in [0.15, 0.2) is 35.4 Å². The van der Waals surface area contributed by atoms with Gasteiger partial charge in [0, 0.05) is 4.91 Å². The van der Waals surface area contributed by atoms with E-state index < -0.39 is 18.8 Å². The fourth-order valence-electron chi connectivity index (χ4n) is 1.28. The molecule has 0 radical (unpaired) electrons. The molecule has 0 fully saturated rings. The molecule has 0 aliphatic heterocycles.